The first kappa shape index (κ1) is 16.1. The van der Waals surface area contributed by atoms with E-state index in [0.717, 1.165) is 24.0 Å². The first-order valence-corrected chi connectivity index (χ1v) is 6.83. The Balaban J connectivity index is 2.57. The molecule has 1 N–H and O–H groups in total. The molecule has 0 radical (unpaired) electrons. The zero-order chi connectivity index (χ0) is 15.0. The van der Waals surface area contributed by atoms with E-state index < -0.39 is 0 Å². The quantitative estimate of drug-likeness (QED) is 0.639. The van der Waals surface area contributed by atoms with Crippen molar-refractivity contribution >= 4 is 5.96 Å². The third-order valence-corrected chi connectivity index (χ3v) is 2.64. The molecular formula is C15H25N3O2. The minimum Gasteiger partial charge on any atom is -0.497 e. The largest absolute Gasteiger partial charge is 0.497 e. The number of hydrogen-bond acceptors (Lipinski definition) is 3. The van der Waals surface area contributed by atoms with E-state index in [1.165, 1.54) is 0 Å². The van der Waals surface area contributed by atoms with Gasteiger partial charge in [-0.25, -0.2) is 4.99 Å². The molecule has 1 atom stereocenters. The van der Waals surface area contributed by atoms with Crippen LogP contribution < -0.4 is 14.8 Å². The van der Waals surface area contributed by atoms with Crippen LogP contribution in [0.2, 0.25) is 0 Å². The lowest BCUT2D eigenvalue weighted by Crippen LogP contribution is -2.37. The van der Waals surface area contributed by atoms with Crippen LogP contribution >= 0.6 is 0 Å². The Morgan fingerprint density at radius 3 is 2.65 bits per heavy atom. The van der Waals surface area contributed by atoms with Crippen LogP contribution in [0.4, 0.5) is 0 Å². The van der Waals surface area contributed by atoms with Crippen molar-refractivity contribution in [2.45, 2.75) is 20.0 Å². The summed E-state index contributed by atoms with van der Waals surface area (Å²) in [5, 5.41) is 3.22. The van der Waals surface area contributed by atoms with Crippen molar-refractivity contribution in [3.05, 3.63) is 24.3 Å². The fourth-order valence-corrected chi connectivity index (χ4v) is 1.67. The summed E-state index contributed by atoms with van der Waals surface area (Å²) in [6, 6.07) is 7.59. The molecule has 0 amide bonds. The predicted molar refractivity (Wildman–Crippen MR) is 82.7 cm³/mol. The van der Waals surface area contributed by atoms with E-state index in [4.69, 9.17) is 9.47 Å². The highest BCUT2D eigenvalue weighted by atomic mass is 16.5. The highest BCUT2D eigenvalue weighted by Gasteiger charge is 2.06. The minimum atomic E-state index is -0.00397. The van der Waals surface area contributed by atoms with Gasteiger partial charge in [-0.15, -0.1) is 0 Å². The van der Waals surface area contributed by atoms with Crippen LogP contribution in [0, 0.1) is 0 Å². The van der Waals surface area contributed by atoms with Crippen LogP contribution in [-0.4, -0.2) is 51.3 Å². The molecule has 0 aliphatic heterocycles. The van der Waals surface area contributed by atoms with Crippen LogP contribution in [0.15, 0.2) is 29.3 Å². The molecule has 0 aromatic heterocycles. The van der Waals surface area contributed by atoms with E-state index in [9.17, 15) is 0 Å². The standard InChI is InChI=1S/C15H25N3O2/c1-6-16-15(18(3)4)17-11-12(2)20-14-9-7-8-13(10-14)19-5/h7-10,12H,6,11H2,1-5H3,(H,16,17). The van der Waals surface area contributed by atoms with Gasteiger partial charge in [0.2, 0.25) is 0 Å². The molecular weight excluding hydrogens is 254 g/mol. The zero-order valence-electron chi connectivity index (χ0n) is 13.0. The number of benzene rings is 1. The number of ether oxygens (including phenoxy) is 2. The summed E-state index contributed by atoms with van der Waals surface area (Å²) in [5.74, 6) is 2.45. The molecule has 112 valence electrons. The third kappa shape index (κ3) is 5.38. The maximum Gasteiger partial charge on any atom is 0.193 e. The van der Waals surface area contributed by atoms with Crippen molar-refractivity contribution in [2.24, 2.45) is 4.99 Å². The van der Waals surface area contributed by atoms with Gasteiger partial charge in [0.1, 0.15) is 17.6 Å². The Kier molecular flexibility index (Phi) is 6.70. The monoisotopic (exact) mass is 279 g/mol. The highest BCUT2D eigenvalue weighted by molar-refractivity contribution is 5.79. The summed E-state index contributed by atoms with van der Waals surface area (Å²) >= 11 is 0. The van der Waals surface area contributed by atoms with Crippen LogP contribution in [0.1, 0.15) is 13.8 Å². The van der Waals surface area contributed by atoms with E-state index in [1.54, 1.807) is 7.11 Å². The van der Waals surface area contributed by atoms with E-state index in [-0.39, 0.29) is 6.10 Å². The molecule has 0 spiro atoms. The van der Waals surface area contributed by atoms with Gasteiger partial charge in [0, 0.05) is 26.7 Å². The molecule has 20 heavy (non-hydrogen) atoms. The van der Waals surface area contributed by atoms with E-state index >= 15 is 0 Å². The first-order valence-electron chi connectivity index (χ1n) is 6.83. The summed E-state index contributed by atoms with van der Waals surface area (Å²) in [7, 11) is 5.58. The molecule has 0 aliphatic carbocycles. The van der Waals surface area contributed by atoms with Gasteiger partial charge in [-0.2, -0.15) is 0 Å². The fourth-order valence-electron chi connectivity index (χ4n) is 1.67. The van der Waals surface area contributed by atoms with Crippen LogP contribution in [0.25, 0.3) is 0 Å². The fraction of sp³-hybridized carbons (Fsp3) is 0.533. The lowest BCUT2D eigenvalue weighted by atomic mass is 10.3. The van der Waals surface area contributed by atoms with Crippen molar-refractivity contribution in [1.82, 2.24) is 10.2 Å². The minimum absolute atomic E-state index is 0.00397. The second kappa shape index (κ2) is 8.30. The number of rotatable bonds is 6. The van der Waals surface area contributed by atoms with E-state index in [2.05, 4.69) is 17.2 Å². The molecule has 1 rings (SSSR count). The number of nitrogens with zero attached hydrogens (tertiary/aromatic N) is 2. The smallest absolute Gasteiger partial charge is 0.193 e. The molecule has 0 saturated heterocycles. The van der Waals surface area contributed by atoms with Crippen molar-refractivity contribution < 1.29 is 9.47 Å². The van der Waals surface area contributed by atoms with Crippen molar-refractivity contribution in [2.75, 3.05) is 34.3 Å². The number of aliphatic imine (C=N–C) groups is 1. The van der Waals surface area contributed by atoms with Gasteiger partial charge < -0.3 is 19.7 Å². The SMILES string of the molecule is CCNC(=NCC(C)Oc1cccc(OC)c1)N(C)C. The maximum atomic E-state index is 5.83. The van der Waals surface area contributed by atoms with Gasteiger partial charge in [-0.1, -0.05) is 6.07 Å². The summed E-state index contributed by atoms with van der Waals surface area (Å²) in [4.78, 5) is 6.49. The predicted octanol–water partition coefficient (Wildman–Crippen LogP) is 1.99. The highest BCUT2D eigenvalue weighted by Crippen LogP contribution is 2.19. The van der Waals surface area contributed by atoms with Crippen molar-refractivity contribution in [3.63, 3.8) is 0 Å². The molecule has 1 unspecified atom stereocenters. The second-order valence-electron chi connectivity index (χ2n) is 4.70. The van der Waals surface area contributed by atoms with E-state index in [0.29, 0.717) is 6.54 Å². The first-order chi connectivity index (χ1) is 9.56. The van der Waals surface area contributed by atoms with E-state index in [1.807, 2.05) is 50.2 Å². The number of guanidine groups is 1. The van der Waals surface area contributed by atoms with Gasteiger partial charge >= 0.3 is 0 Å². The Labute approximate surface area is 121 Å². The Bertz CT molecular complexity index is 433. The Morgan fingerprint density at radius 2 is 2.05 bits per heavy atom. The van der Waals surface area contributed by atoms with Gasteiger partial charge in [0.05, 0.1) is 13.7 Å². The van der Waals surface area contributed by atoms with Crippen LogP contribution in [-0.2, 0) is 0 Å². The van der Waals surface area contributed by atoms with Gasteiger partial charge in [0.15, 0.2) is 5.96 Å². The molecule has 0 saturated carbocycles. The lowest BCUT2D eigenvalue weighted by Gasteiger charge is -2.18. The Morgan fingerprint density at radius 1 is 1.35 bits per heavy atom. The topological polar surface area (TPSA) is 46.1 Å². The van der Waals surface area contributed by atoms with Crippen molar-refractivity contribution in [3.8, 4) is 11.5 Å². The number of methoxy groups -OCH3 is 1. The molecule has 0 aliphatic rings. The third-order valence-electron chi connectivity index (χ3n) is 2.64. The molecule has 1 aromatic carbocycles. The van der Waals surface area contributed by atoms with Crippen LogP contribution in [0.5, 0.6) is 11.5 Å². The number of hydrogen-bond donors (Lipinski definition) is 1. The summed E-state index contributed by atoms with van der Waals surface area (Å²) in [6.45, 7) is 5.50. The van der Waals surface area contributed by atoms with Gasteiger partial charge in [0.25, 0.3) is 0 Å². The summed E-state index contributed by atoms with van der Waals surface area (Å²) < 4.78 is 11.0. The Hall–Kier alpha value is -1.91. The molecule has 0 bridgehead atoms. The lowest BCUT2D eigenvalue weighted by molar-refractivity contribution is 0.229. The van der Waals surface area contributed by atoms with Gasteiger partial charge in [-0.05, 0) is 26.0 Å². The normalized spacial score (nSPS) is 12.8. The molecule has 1 aromatic rings. The van der Waals surface area contributed by atoms with Gasteiger partial charge in [-0.3, -0.25) is 0 Å². The average molecular weight is 279 g/mol. The maximum absolute atomic E-state index is 5.83. The summed E-state index contributed by atoms with van der Waals surface area (Å²) in [6.07, 6.45) is -0.00397. The second-order valence-corrected chi connectivity index (χ2v) is 4.70. The number of nitrogens with one attached hydrogen (secondary N) is 1. The summed E-state index contributed by atoms with van der Waals surface area (Å²) in [5.41, 5.74) is 0. The molecule has 0 fully saturated rings. The van der Waals surface area contributed by atoms with Crippen LogP contribution in [0.3, 0.4) is 0 Å². The molecule has 5 heteroatoms. The average Bonchev–Trinajstić information content (AvgIpc) is 2.43. The zero-order valence-corrected chi connectivity index (χ0v) is 13.0. The molecule has 0 heterocycles. The van der Waals surface area contributed by atoms with Crippen molar-refractivity contribution in [1.29, 1.82) is 0 Å². The molecule has 5 nitrogen and oxygen atoms in total.